The predicted molar refractivity (Wildman–Crippen MR) is 91.7 cm³/mol. The van der Waals surface area contributed by atoms with Gasteiger partial charge in [0.05, 0.1) is 0 Å². The van der Waals surface area contributed by atoms with Crippen molar-refractivity contribution in [1.82, 2.24) is 15.1 Å². The largest absolute Gasteiger partial charge is 0.314 e. The van der Waals surface area contributed by atoms with Crippen molar-refractivity contribution in [2.45, 2.75) is 59.0 Å². The van der Waals surface area contributed by atoms with Gasteiger partial charge in [-0.25, -0.2) is 0 Å². The molecule has 0 spiro atoms. The smallest absolute Gasteiger partial charge is 0.0192 e. The zero-order chi connectivity index (χ0) is 15.4. The van der Waals surface area contributed by atoms with Gasteiger partial charge in [-0.05, 0) is 57.5 Å². The summed E-state index contributed by atoms with van der Waals surface area (Å²) in [5, 5.41) is 3.85. The summed E-state index contributed by atoms with van der Waals surface area (Å²) in [6, 6.07) is 1.44. The van der Waals surface area contributed by atoms with Gasteiger partial charge in [0, 0.05) is 38.3 Å². The van der Waals surface area contributed by atoms with Crippen LogP contribution >= 0.6 is 0 Å². The predicted octanol–water partition coefficient (Wildman–Crippen LogP) is 2.67. The molecule has 0 amide bonds. The van der Waals surface area contributed by atoms with Gasteiger partial charge in [-0.15, -0.1) is 0 Å². The van der Waals surface area contributed by atoms with E-state index in [1.165, 1.54) is 52.0 Å². The Kier molecular flexibility index (Phi) is 6.51. The van der Waals surface area contributed by atoms with Crippen molar-refractivity contribution < 1.29 is 0 Å². The van der Waals surface area contributed by atoms with Gasteiger partial charge < -0.3 is 15.1 Å². The highest BCUT2D eigenvalue weighted by Gasteiger charge is 2.35. The standard InChI is InChI=1S/C18H37N3/c1-6-7-19-18-11-14(2)10-15(3)17(18)13-21-9-8-20(5)16(4)12-21/h14-19H,6-13H2,1-5H3. The SMILES string of the molecule is CCCNC1CC(C)CC(C)C1CN1CCN(C)C(C)C1. The van der Waals surface area contributed by atoms with Gasteiger partial charge in [0.2, 0.25) is 0 Å². The van der Waals surface area contributed by atoms with Gasteiger partial charge in [0.15, 0.2) is 0 Å². The highest BCUT2D eigenvalue weighted by molar-refractivity contribution is 4.90. The van der Waals surface area contributed by atoms with Gasteiger partial charge in [-0.3, -0.25) is 0 Å². The van der Waals surface area contributed by atoms with Crippen LogP contribution in [0.3, 0.4) is 0 Å². The quantitative estimate of drug-likeness (QED) is 0.841. The monoisotopic (exact) mass is 295 g/mol. The van der Waals surface area contributed by atoms with E-state index < -0.39 is 0 Å². The molecule has 5 atom stereocenters. The molecule has 5 unspecified atom stereocenters. The van der Waals surface area contributed by atoms with Crippen LogP contribution < -0.4 is 5.32 Å². The first-order chi connectivity index (χ1) is 10.0. The molecule has 0 aromatic heterocycles. The van der Waals surface area contributed by atoms with E-state index in [1.54, 1.807) is 0 Å². The fourth-order valence-corrected chi connectivity index (χ4v) is 4.37. The molecule has 2 aliphatic rings. The molecule has 1 aliphatic heterocycles. The van der Waals surface area contributed by atoms with Crippen LogP contribution in [-0.4, -0.2) is 61.7 Å². The lowest BCUT2D eigenvalue weighted by molar-refractivity contribution is 0.0540. The van der Waals surface area contributed by atoms with Gasteiger partial charge in [-0.1, -0.05) is 20.8 Å². The summed E-state index contributed by atoms with van der Waals surface area (Å²) >= 11 is 0. The minimum absolute atomic E-state index is 0.707. The Hall–Kier alpha value is -0.120. The van der Waals surface area contributed by atoms with Crippen LogP contribution in [-0.2, 0) is 0 Å². The molecule has 3 heteroatoms. The molecular formula is C18H37N3. The van der Waals surface area contributed by atoms with Crippen LogP contribution in [0, 0.1) is 17.8 Å². The number of rotatable bonds is 5. The Balaban J connectivity index is 1.93. The highest BCUT2D eigenvalue weighted by Crippen LogP contribution is 2.34. The molecule has 1 N–H and O–H groups in total. The number of nitrogens with zero attached hydrogens (tertiary/aromatic N) is 2. The average Bonchev–Trinajstić information content (AvgIpc) is 2.43. The molecular weight excluding hydrogens is 258 g/mol. The summed E-state index contributed by atoms with van der Waals surface area (Å²) < 4.78 is 0. The Bertz CT molecular complexity index is 307. The Morgan fingerprint density at radius 2 is 1.86 bits per heavy atom. The van der Waals surface area contributed by atoms with E-state index >= 15 is 0 Å². The van der Waals surface area contributed by atoms with Crippen molar-refractivity contribution in [3.05, 3.63) is 0 Å². The fourth-order valence-electron chi connectivity index (χ4n) is 4.37. The maximum Gasteiger partial charge on any atom is 0.0192 e. The normalized spacial score (nSPS) is 39.6. The number of likely N-dealkylation sites (N-methyl/N-ethyl adjacent to an activating group) is 1. The second kappa shape index (κ2) is 7.94. The van der Waals surface area contributed by atoms with Gasteiger partial charge in [-0.2, -0.15) is 0 Å². The third-order valence-electron chi connectivity index (χ3n) is 5.85. The first-order valence-corrected chi connectivity index (χ1v) is 9.17. The van der Waals surface area contributed by atoms with E-state index in [-0.39, 0.29) is 0 Å². The van der Waals surface area contributed by atoms with Crippen LogP contribution in [0.5, 0.6) is 0 Å². The molecule has 2 fully saturated rings. The average molecular weight is 296 g/mol. The third-order valence-corrected chi connectivity index (χ3v) is 5.85. The maximum atomic E-state index is 3.85. The number of hydrogen-bond donors (Lipinski definition) is 1. The lowest BCUT2D eigenvalue weighted by atomic mass is 9.72. The van der Waals surface area contributed by atoms with E-state index in [2.05, 4.69) is 49.9 Å². The summed E-state index contributed by atoms with van der Waals surface area (Å²) in [4.78, 5) is 5.22. The minimum atomic E-state index is 0.707. The molecule has 1 heterocycles. The van der Waals surface area contributed by atoms with Crippen LogP contribution in [0.4, 0.5) is 0 Å². The zero-order valence-corrected chi connectivity index (χ0v) is 14.9. The van der Waals surface area contributed by atoms with Crippen LogP contribution in [0.2, 0.25) is 0 Å². The maximum absolute atomic E-state index is 3.85. The van der Waals surface area contributed by atoms with Crippen LogP contribution in [0.15, 0.2) is 0 Å². The Labute approximate surface area is 132 Å². The number of hydrogen-bond acceptors (Lipinski definition) is 3. The second-order valence-electron chi connectivity index (χ2n) is 7.87. The topological polar surface area (TPSA) is 18.5 Å². The van der Waals surface area contributed by atoms with Crippen LogP contribution in [0.25, 0.3) is 0 Å². The molecule has 1 saturated carbocycles. The fraction of sp³-hybridized carbons (Fsp3) is 1.00. The zero-order valence-electron chi connectivity index (χ0n) is 14.9. The van der Waals surface area contributed by atoms with E-state index in [1.807, 2.05) is 0 Å². The molecule has 0 aromatic carbocycles. The van der Waals surface area contributed by atoms with Gasteiger partial charge in [0.1, 0.15) is 0 Å². The molecule has 0 aromatic rings. The molecule has 2 rings (SSSR count). The Morgan fingerprint density at radius 3 is 2.52 bits per heavy atom. The second-order valence-corrected chi connectivity index (χ2v) is 7.87. The Morgan fingerprint density at radius 1 is 1.10 bits per heavy atom. The van der Waals surface area contributed by atoms with E-state index in [0.29, 0.717) is 6.04 Å². The summed E-state index contributed by atoms with van der Waals surface area (Å²) in [6.07, 6.45) is 4.04. The summed E-state index contributed by atoms with van der Waals surface area (Å²) in [7, 11) is 2.26. The summed E-state index contributed by atoms with van der Waals surface area (Å²) in [5.74, 6) is 2.58. The van der Waals surface area contributed by atoms with Crippen molar-refractivity contribution in [3.8, 4) is 0 Å². The summed E-state index contributed by atoms with van der Waals surface area (Å²) in [6.45, 7) is 15.8. The van der Waals surface area contributed by atoms with E-state index in [0.717, 1.165) is 23.8 Å². The van der Waals surface area contributed by atoms with E-state index in [4.69, 9.17) is 0 Å². The molecule has 1 saturated heterocycles. The summed E-state index contributed by atoms with van der Waals surface area (Å²) in [5.41, 5.74) is 0. The molecule has 0 radical (unpaired) electrons. The third kappa shape index (κ3) is 4.67. The first-order valence-electron chi connectivity index (χ1n) is 9.17. The molecule has 0 bridgehead atoms. The lowest BCUT2D eigenvalue weighted by Crippen LogP contribution is -2.55. The van der Waals surface area contributed by atoms with Crippen molar-refractivity contribution in [1.29, 1.82) is 0 Å². The van der Waals surface area contributed by atoms with Gasteiger partial charge >= 0.3 is 0 Å². The first kappa shape index (κ1) is 17.2. The minimum Gasteiger partial charge on any atom is -0.314 e. The number of nitrogens with one attached hydrogen (secondary N) is 1. The molecule has 21 heavy (non-hydrogen) atoms. The van der Waals surface area contributed by atoms with Crippen molar-refractivity contribution in [2.75, 3.05) is 39.8 Å². The van der Waals surface area contributed by atoms with E-state index in [9.17, 15) is 0 Å². The lowest BCUT2D eigenvalue weighted by Gasteiger charge is -2.45. The number of piperazine rings is 1. The highest BCUT2D eigenvalue weighted by atomic mass is 15.3. The van der Waals surface area contributed by atoms with Crippen molar-refractivity contribution in [2.24, 2.45) is 17.8 Å². The van der Waals surface area contributed by atoms with Crippen LogP contribution in [0.1, 0.15) is 47.0 Å². The molecule has 1 aliphatic carbocycles. The molecule has 124 valence electrons. The molecule has 3 nitrogen and oxygen atoms in total. The van der Waals surface area contributed by atoms with Crippen molar-refractivity contribution in [3.63, 3.8) is 0 Å². The van der Waals surface area contributed by atoms with Crippen molar-refractivity contribution >= 4 is 0 Å². The van der Waals surface area contributed by atoms with Gasteiger partial charge in [0.25, 0.3) is 0 Å².